The number of benzene rings is 3. The first-order chi connectivity index (χ1) is 12.7. The Morgan fingerprint density at radius 2 is 1.38 bits per heavy atom. The van der Waals surface area contributed by atoms with E-state index in [4.69, 9.17) is 4.74 Å². The molecule has 0 saturated heterocycles. The van der Waals surface area contributed by atoms with E-state index in [9.17, 15) is 4.79 Å². The van der Waals surface area contributed by atoms with Gasteiger partial charge in [-0.1, -0.05) is 66.7 Å². The van der Waals surface area contributed by atoms with Gasteiger partial charge in [0.15, 0.2) is 0 Å². The van der Waals surface area contributed by atoms with Gasteiger partial charge in [-0.15, -0.1) is 0 Å². The van der Waals surface area contributed by atoms with E-state index in [1.54, 1.807) is 0 Å². The van der Waals surface area contributed by atoms with Gasteiger partial charge < -0.3 is 10.1 Å². The van der Waals surface area contributed by atoms with Crippen molar-refractivity contribution in [2.45, 2.75) is 12.8 Å². The summed E-state index contributed by atoms with van der Waals surface area (Å²) < 4.78 is 6.06. The molecule has 128 valence electrons. The molecule has 4 rings (SSSR count). The van der Waals surface area contributed by atoms with Crippen LogP contribution in [0, 0.1) is 0 Å². The van der Waals surface area contributed by atoms with Gasteiger partial charge in [-0.3, -0.25) is 4.79 Å². The van der Waals surface area contributed by atoms with Crippen LogP contribution in [0.3, 0.4) is 0 Å². The second-order valence-electron chi connectivity index (χ2n) is 6.28. The van der Waals surface area contributed by atoms with Gasteiger partial charge >= 0.3 is 0 Å². The number of hydrogen-bond acceptors (Lipinski definition) is 2. The number of carbonyl (C=O) groups excluding carboxylic acids is 1. The van der Waals surface area contributed by atoms with Crippen molar-refractivity contribution in [3.8, 4) is 11.5 Å². The molecule has 3 aromatic carbocycles. The lowest BCUT2D eigenvalue weighted by Gasteiger charge is -2.27. The number of rotatable bonds is 3. The fourth-order valence-electron chi connectivity index (χ4n) is 3.31. The van der Waals surface area contributed by atoms with E-state index in [0.717, 1.165) is 33.9 Å². The lowest BCUT2D eigenvalue weighted by atomic mass is 9.86. The number of fused-ring (bicyclic) bond motifs is 2. The smallest absolute Gasteiger partial charge is 0.221 e. The number of nitrogens with one attached hydrogen (secondary N) is 1. The van der Waals surface area contributed by atoms with E-state index < -0.39 is 0 Å². The molecule has 1 N–H and O–H groups in total. The van der Waals surface area contributed by atoms with Crippen molar-refractivity contribution in [2.75, 3.05) is 0 Å². The summed E-state index contributed by atoms with van der Waals surface area (Å²) in [5, 5.41) is 2.99. The van der Waals surface area contributed by atoms with Crippen LogP contribution in [0.2, 0.25) is 0 Å². The highest BCUT2D eigenvalue weighted by atomic mass is 16.5. The zero-order valence-corrected chi connectivity index (χ0v) is 14.5. The van der Waals surface area contributed by atoms with Gasteiger partial charge in [-0.2, -0.15) is 0 Å². The van der Waals surface area contributed by atoms with Crippen molar-refractivity contribution in [3.05, 3.63) is 102 Å². The molecule has 0 aliphatic carbocycles. The number of para-hydroxylation sites is 2. The van der Waals surface area contributed by atoms with Crippen molar-refractivity contribution >= 4 is 11.6 Å². The molecule has 0 aromatic heterocycles. The number of ether oxygens (including phenoxy) is 1. The molecule has 1 amide bonds. The van der Waals surface area contributed by atoms with Crippen LogP contribution in [0.1, 0.15) is 29.5 Å². The van der Waals surface area contributed by atoms with Crippen LogP contribution in [0.15, 0.2) is 84.9 Å². The van der Waals surface area contributed by atoms with Gasteiger partial charge in [-0.25, -0.2) is 0 Å². The first-order valence-electron chi connectivity index (χ1n) is 8.63. The largest absolute Gasteiger partial charge is 0.457 e. The maximum Gasteiger partial charge on any atom is 0.221 e. The molecule has 3 heteroatoms. The minimum absolute atomic E-state index is 0.00166. The van der Waals surface area contributed by atoms with E-state index in [0.29, 0.717) is 0 Å². The predicted octanol–water partition coefficient (Wildman–Crippen LogP) is 5.10. The van der Waals surface area contributed by atoms with Crippen molar-refractivity contribution in [2.24, 2.45) is 0 Å². The van der Waals surface area contributed by atoms with Crippen LogP contribution in [0.4, 0.5) is 0 Å². The fraction of sp³-hybridized carbons (Fsp3) is 0.0870. The minimum atomic E-state index is -0.0891. The van der Waals surface area contributed by atoms with Crippen LogP contribution in [0.25, 0.3) is 5.70 Å². The summed E-state index contributed by atoms with van der Waals surface area (Å²) in [7, 11) is 0. The molecular weight excluding hydrogens is 322 g/mol. The van der Waals surface area contributed by atoms with Gasteiger partial charge in [0.25, 0.3) is 0 Å². The van der Waals surface area contributed by atoms with Crippen molar-refractivity contribution in [1.29, 1.82) is 0 Å². The third-order valence-electron chi connectivity index (χ3n) is 4.46. The lowest BCUT2D eigenvalue weighted by molar-refractivity contribution is -0.117. The summed E-state index contributed by atoms with van der Waals surface area (Å²) in [6, 6.07) is 26.0. The number of hydrogen-bond donors (Lipinski definition) is 1. The van der Waals surface area contributed by atoms with Crippen LogP contribution in [-0.2, 0) is 4.79 Å². The highest BCUT2D eigenvalue weighted by molar-refractivity contribution is 5.85. The lowest BCUT2D eigenvalue weighted by Crippen LogP contribution is -2.19. The molecule has 0 spiro atoms. The zero-order chi connectivity index (χ0) is 17.9. The predicted molar refractivity (Wildman–Crippen MR) is 103 cm³/mol. The van der Waals surface area contributed by atoms with E-state index >= 15 is 0 Å². The molecule has 1 aliphatic heterocycles. The monoisotopic (exact) mass is 341 g/mol. The highest BCUT2D eigenvalue weighted by Gasteiger charge is 2.26. The highest BCUT2D eigenvalue weighted by Crippen LogP contribution is 2.45. The number of amides is 1. The maximum atomic E-state index is 11.8. The average molecular weight is 341 g/mol. The molecule has 0 unspecified atom stereocenters. The number of carbonyl (C=O) groups is 1. The minimum Gasteiger partial charge on any atom is -0.457 e. The Hall–Kier alpha value is -3.33. The zero-order valence-electron chi connectivity index (χ0n) is 14.5. The summed E-state index contributed by atoms with van der Waals surface area (Å²) in [6.07, 6.45) is 2.11. The number of allylic oxidation sites excluding steroid dienone is 1. The Morgan fingerprint density at radius 3 is 1.96 bits per heavy atom. The second-order valence-corrected chi connectivity index (χ2v) is 6.28. The molecular formula is C23H19NO2. The Balaban J connectivity index is 1.87. The molecule has 1 heterocycles. The Labute approximate surface area is 152 Å². The molecule has 0 atom stereocenters. The van der Waals surface area contributed by atoms with Gasteiger partial charge in [0.05, 0.1) is 0 Å². The summed E-state index contributed by atoms with van der Waals surface area (Å²) in [6.45, 7) is 1.53. The molecule has 0 saturated carbocycles. The third-order valence-corrected chi connectivity index (χ3v) is 4.46. The van der Waals surface area contributed by atoms with Crippen molar-refractivity contribution in [1.82, 2.24) is 5.32 Å². The SMILES string of the molecule is CC(=O)N/C(=C/C1c2ccccc2Oc2ccccc21)c1ccccc1. The molecule has 0 radical (unpaired) electrons. The van der Waals surface area contributed by atoms with E-state index in [1.165, 1.54) is 6.92 Å². The summed E-state index contributed by atoms with van der Waals surface area (Å²) in [4.78, 5) is 11.8. The van der Waals surface area contributed by atoms with Crippen LogP contribution in [0.5, 0.6) is 11.5 Å². The van der Waals surface area contributed by atoms with Gasteiger partial charge in [-0.05, 0) is 23.8 Å². The molecule has 0 bridgehead atoms. The maximum absolute atomic E-state index is 11.8. The van der Waals surface area contributed by atoms with E-state index in [-0.39, 0.29) is 11.8 Å². The Morgan fingerprint density at radius 1 is 0.846 bits per heavy atom. The Kier molecular flexibility index (Phi) is 4.28. The first kappa shape index (κ1) is 16.2. The summed E-state index contributed by atoms with van der Waals surface area (Å²) >= 11 is 0. The summed E-state index contributed by atoms with van der Waals surface area (Å²) in [5.41, 5.74) is 3.95. The topological polar surface area (TPSA) is 38.3 Å². The fourth-order valence-corrected chi connectivity index (χ4v) is 3.31. The standard InChI is InChI=1S/C23H19NO2/c1-16(25)24-21(17-9-3-2-4-10-17)15-20-18-11-5-7-13-22(18)26-23-14-8-6-12-19(20)23/h2-15,20H,1H3,(H,24,25)/b21-15+. The average Bonchev–Trinajstić information content (AvgIpc) is 2.67. The van der Waals surface area contributed by atoms with Crippen LogP contribution in [-0.4, -0.2) is 5.91 Å². The van der Waals surface area contributed by atoms with E-state index in [1.807, 2.05) is 66.7 Å². The van der Waals surface area contributed by atoms with Crippen LogP contribution >= 0.6 is 0 Å². The molecule has 1 aliphatic rings. The first-order valence-corrected chi connectivity index (χ1v) is 8.63. The van der Waals surface area contributed by atoms with Crippen LogP contribution < -0.4 is 10.1 Å². The Bertz CT molecular complexity index is 931. The normalized spacial score (nSPS) is 13.3. The van der Waals surface area contributed by atoms with Crippen molar-refractivity contribution < 1.29 is 9.53 Å². The van der Waals surface area contributed by atoms with Crippen molar-refractivity contribution in [3.63, 3.8) is 0 Å². The summed E-state index contributed by atoms with van der Waals surface area (Å²) in [5.74, 6) is 1.61. The second kappa shape index (κ2) is 6.89. The quantitative estimate of drug-likeness (QED) is 0.719. The molecule has 3 aromatic rings. The van der Waals surface area contributed by atoms with Gasteiger partial charge in [0.1, 0.15) is 11.5 Å². The van der Waals surface area contributed by atoms with Gasteiger partial charge in [0.2, 0.25) is 5.91 Å². The third kappa shape index (κ3) is 3.11. The van der Waals surface area contributed by atoms with E-state index in [2.05, 4.69) is 23.5 Å². The molecule has 0 fully saturated rings. The molecule has 3 nitrogen and oxygen atoms in total. The molecule has 26 heavy (non-hydrogen) atoms. The van der Waals surface area contributed by atoms with Gasteiger partial charge in [0, 0.05) is 29.7 Å².